The second-order valence-corrected chi connectivity index (χ2v) is 7.39. The lowest BCUT2D eigenvalue weighted by Gasteiger charge is -2.39. The number of piperidine rings is 1. The van der Waals surface area contributed by atoms with Crippen molar-refractivity contribution >= 4 is 5.91 Å². The standard InChI is InChI=1S/C22H24FNO3/c1-26-20-10-5-15(13-21(20)27-2)22(25)24-18-8-9-19(24)12-16(11-18)14-3-6-17(23)7-4-14/h3-7,10,13,16,18-19H,8-9,11-12H2,1-2H3/t16-,18+,19-. The number of hydrogen-bond donors (Lipinski definition) is 0. The largest absolute Gasteiger partial charge is 0.493 e. The Morgan fingerprint density at radius 1 is 0.963 bits per heavy atom. The highest BCUT2D eigenvalue weighted by molar-refractivity contribution is 5.95. The van der Waals surface area contributed by atoms with Gasteiger partial charge < -0.3 is 14.4 Å². The highest BCUT2D eigenvalue weighted by Crippen LogP contribution is 2.44. The zero-order valence-electron chi connectivity index (χ0n) is 15.7. The number of ether oxygens (including phenoxy) is 2. The van der Waals surface area contributed by atoms with Crippen molar-refractivity contribution in [2.45, 2.75) is 43.7 Å². The molecule has 27 heavy (non-hydrogen) atoms. The van der Waals surface area contributed by atoms with Crippen LogP contribution in [-0.4, -0.2) is 37.1 Å². The summed E-state index contributed by atoms with van der Waals surface area (Å²) in [6, 6.07) is 12.6. The maximum atomic E-state index is 13.2. The molecule has 0 radical (unpaired) electrons. The molecule has 0 aliphatic carbocycles. The summed E-state index contributed by atoms with van der Waals surface area (Å²) in [6.07, 6.45) is 3.92. The number of rotatable bonds is 4. The molecule has 0 saturated carbocycles. The van der Waals surface area contributed by atoms with E-state index in [4.69, 9.17) is 9.47 Å². The van der Waals surface area contributed by atoms with Gasteiger partial charge in [0.05, 0.1) is 14.2 Å². The maximum absolute atomic E-state index is 13.2. The third-order valence-corrected chi connectivity index (χ3v) is 5.94. The summed E-state index contributed by atoms with van der Waals surface area (Å²) >= 11 is 0. The number of hydrogen-bond acceptors (Lipinski definition) is 3. The predicted molar refractivity (Wildman–Crippen MR) is 101 cm³/mol. The molecule has 0 spiro atoms. The summed E-state index contributed by atoms with van der Waals surface area (Å²) in [4.78, 5) is 15.3. The molecule has 1 amide bonds. The number of benzene rings is 2. The van der Waals surface area contributed by atoms with Gasteiger partial charge in [0.2, 0.25) is 0 Å². The quantitative estimate of drug-likeness (QED) is 0.802. The summed E-state index contributed by atoms with van der Waals surface area (Å²) in [5.41, 5.74) is 1.80. The van der Waals surface area contributed by atoms with Crippen molar-refractivity contribution in [3.63, 3.8) is 0 Å². The lowest BCUT2D eigenvalue weighted by Crippen LogP contribution is -2.46. The van der Waals surface area contributed by atoms with Crippen molar-refractivity contribution in [1.82, 2.24) is 4.90 Å². The van der Waals surface area contributed by atoms with Gasteiger partial charge in [-0.1, -0.05) is 12.1 Å². The van der Waals surface area contributed by atoms with E-state index in [1.807, 2.05) is 12.1 Å². The average Bonchev–Trinajstić information content (AvgIpc) is 2.96. The third-order valence-electron chi connectivity index (χ3n) is 5.94. The Hall–Kier alpha value is -2.56. The van der Waals surface area contributed by atoms with E-state index in [9.17, 15) is 9.18 Å². The van der Waals surface area contributed by atoms with Crippen LogP contribution in [0.5, 0.6) is 11.5 Å². The van der Waals surface area contributed by atoms with Crippen molar-refractivity contribution < 1.29 is 18.7 Å². The van der Waals surface area contributed by atoms with Gasteiger partial charge in [0, 0.05) is 17.6 Å². The molecule has 142 valence electrons. The molecule has 5 heteroatoms. The molecule has 2 aliphatic heterocycles. The molecule has 4 nitrogen and oxygen atoms in total. The Labute approximate surface area is 158 Å². The minimum atomic E-state index is -0.206. The molecule has 2 aromatic rings. The molecular weight excluding hydrogens is 345 g/mol. The molecule has 2 heterocycles. The van der Waals surface area contributed by atoms with E-state index in [0.717, 1.165) is 25.7 Å². The number of amides is 1. The number of carbonyl (C=O) groups excluding carboxylic acids is 1. The predicted octanol–water partition coefficient (Wildman–Crippen LogP) is 4.39. The van der Waals surface area contributed by atoms with E-state index < -0.39 is 0 Å². The van der Waals surface area contributed by atoms with Gasteiger partial charge in [-0.15, -0.1) is 0 Å². The average molecular weight is 369 g/mol. The lowest BCUT2D eigenvalue weighted by atomic mass is 9.85. The van der Waals surface area contributed by atoms with Gasteiger partial charge in [-0.25, -0.2) is 4.39 Å². The number of carbonyl (C=O) groups is 1. The number of fused-ring (bicyclic) bond motifs is 2. The van der Waals surface area contributed by atoms with Crippen LogP contribution in [0.2, 0.25) is 0 Å². The fraction of sp³-hybridized carbons (Fsp3) is 0.409. The minimum Gasteiger partial charge on any atom is -0.493 e. The molecule has 2 saturated heterocycles. The van der Waals surface area contributed by atoms with E-state index in [-0.39, 0.29) is 23.8 Å². The van der Waals surface area contributed by atoms with Crippen LogP contribution in [0, 0.1) is 5.82 Å². The van der Waals surface area contributed by atoms with Gasteiger partial charge in [0.1, 0.15) is 5.82 Å². The normalized spacial score (nSPS) is 24.0. The number of nitrogens with zero attached hydrogens (tertiary/aromatic N) is 1. The molecule has 2 aliphatic rings. The summed E-state index contributed by atoms with van der Waals surface area (Å²) < 4.78 is 23.8. The van der Waals surface area contributed by atoms with Crippen molar-refractivity contribution in [3.05, 3.63) is 59.4 Å². The van der Waals surface area contributed by atoms with Gasteiger partial charge in [-0.05, 0) is 67.5 Å². The van der Waals surface area contributed by atoms with Crippen molar-refractivity contribution in [3.8, 4) is 11.5 Å². The van der Waals surface area contributed by atoms with Crippen molar-refractivity contribution in [1.29, 1.82) is 0 Å². The molecule has 4 rings (SSSR count). The monoisotopic (exact) mass is 369 g/mol. The van der Waals surface area contributed by atoms with Crippen LogP contribution in [0.3, 0.4) is 0 Å². The molecule has 2 fully saturated rings. The maximum Gasteiger partial charge on any atom is 0.254 e. The van der Waals surface area contributed by atoms with Gasteiger partial charge in [-0.2, -0.15) is 0 Å². The van der Waals surface area contributed by atoms with Crippen LogP contribution in [0.15, 0.2) is 42.5 Å². The van der Waals surface area contributed by atoms with Crippen molar-refractivity contribution in [2.24, 2.45) is 0 Å². The lowest BCUT2D eigenvalue weighted by molar-refractivity contribution is 0.0571. The first-order valence-corrected chi connectivity index (χ1v) is 9.41. The smallest absolute Gasteiger partial charge is 0.254 e. The second-order valence-electron chi connectivity index (χ2n) is 7.39. The van der Waals surface area contributed by atoms with E-state index in [2.05, 4.69) is 4.90 Å². The van der Waals surface area contributed by atoms with Gasteiger partial charge in [0.25, 0.3) is 5.91 Å². The zero-order chi connectivity index (χ0) is 19.0. The van der Waals surface area contributed by atoms with E-state index in [1.165, 1.54) is 17.7 Å². The minimum absolute atomic E-state index is 0.0565. The van der Waals surface area contributed by atoms with Crippen LogP contribution in [0.4, 0.5) is 4.39 Å². The van der Waals surface area contributed by atoms with Crippen LogP contribution < -0.4 is 9.47 Å². The molecule has 3 atom stereocenters. The van der Waals surface area contributed by atoms with Gasteiger partial charge in [0.15, 0.2) is 11.5 Å². The first-order chi connectivity index (χ1) is 13.1. The Morgan fingerprint density at radius 3 is 2.19 bits per heavy atom. The highest BCUT2D eigenvalue weighted by atomic mass is 19.1. The highest BCUT2D eigenvalue weighted by Gasteiger charge is 2.43. The number of halogens is 1. The number of methoxy groups -OCH3 is 2. The van der Waals surface area contributed by atoms with Crippen LogP contribution >= 0.6 is 0 Å². The Kier molecular flexibility index (Phi) is 4.77. The Balaban J connectivity index is 1.54. The molecule has 2 bridgehead atoms. The zero-order valence-corrected chi connectivity index (χ0v) is 15.7. The van der Waals surface area contributed by atoms with Crippen molar-refractivity contribution in [2.75, 3.05) is 14.2 Å². The molecule has 0 aromatic heterocycles. The Morgan fingerprint density at radius 2 is 1.59 bits per heavy atom. The van der Waals surface area contributed by atoms with E-state index >= 15 is 0 Å². The van der Waals surface area contributed by atoms with Gasteiger partial charge >= 0.3 is 0 Å². The molecule has 0 unspecified atom stereocenters. The van der Waals surface area contributed by atoms with Crippen LogP contribution in [0.25, 0.3) is 0 Å². The SMILES string of the molecule is COc1ccc(C(=O)N2[C@@H]3CC[C@H]2C[C@@H](c2ccc(F)cc2)C3)cc1OC. The first-order valence-electron chi connectivity index (χ1n) is 9.41. The second kappa shape index (κ2) is 7.22. The summed E-state index contributed by atoms with van der Waals surface area (Å²) in [5, 5.41) is 0. The topological polar surface area (TPSA) is 38.8 Å². The summed E-state index contributed by atoms with van der Waals surface area (Å²) in [7, 11) is 3.16. The molecule has 2 aromatic carbocycles. The fourth-order valence-corrected chi connectivity index (χ4v) is 4.63. The van der Waals surface area contributed by atoms with E-state index in [0.29, 0.717) is 23.0 Å². The summed E-state index contributed by atoms with van der Waals surface area (Å²) in [5.74, 6) is 1.42. The molecule has 0 N–H and O–H groups in total. The summed E-state index contributed by atoms with van der Waals surface area (Å²) in [6.45, 7) is 0. The molecular formula is C22H24FNO3. The third kappa shape index (κ3) is 3.27. The Bertz CT molecular complexity index is 822. The van der Waals surface area contributed by atoms with Gasteiger partial charge in [-0.3, -0.25) is 4.79 Å². The van der Waals surface area contributed by atoms with Crippen LogP contribution in [-0.2, 0) is 0 Å². The van der Waals surface area contributed by atoms with E-state index in [1.54, 1.807) is 32.4 Å². The van der Waals surface area contributed by atoms with Crippen LogP contribution in [0.1, 0.15) is 47.5 Å². The first kappa shape index (κ1) is 17.8. The fourth-order valence-electron chi connectivity index (χ4n) is 4.63.